The number of hydrogen-bond donors (Lipinski definition) is 0. The van der Waals surface area contributed by atoms with Crippen LogP contribution in [0.15, 0.2) is 6.07 Å². The van der Waals surface area contributed by atoms with Crippen LogP contribution in [0.1, 0.15) is 12.7 Å². The summed E-state index contributed by atoms with van der Waals surface area (Å²) in [5.74, 6) is 0.938. The third-order valence-corrected chi connectivity index (χ3v) is 1.87. The second kappa shape index (κ2) is 7.38. The van der Waals surface area contributed by atoms with Gasteiger partial charge in [0.1, 0.15) is 18.4 Å². The summed E-state index contributed by atoms with van der Waals surface area (Å²) in [5.41, 5.74) is 0. The molecule has 5 nitrogen and oxygen atoms in total. The summed E-state index contributed by atoms with van der Waals surface area (Å²) in [4.78, 5) is 8.11. The van der Waals surface area contributed by atoms with Crippen LogP contribution in [0.25, 0.3) is 0 Å². The average molecular weight is 247 g/mol. The van der Waals surface area contributed by atoms with E-state index >= 15 is 0 Å². The first-order valence-electron chi connectivity index (χ1n) is 4.99. The molecule has 0 bridgehead atoms. The molecule has 1 rings (SSSR count). The normalized spacial score (nSPS) is 10.4. The van der Waals surface area contributed by atoms with Crippen LogP contribution in [0.5, 0.6) is 5.88 Å². The van der Waals surface area contributed by atoms with Gasteiger partial charge in [0.25, 0.3) is 0 Å². The number of hydrogen-bond acceptors (Lipinski definition) is 5. The Labute approximate surface area is 99.7 Å². The fourth-order valence-electron chi connectivity index (χ4n) is 1.06. The summed E-state index contributed by atoms with van der Waals surface area (Å²) in [6.45, 7) is 3.87. The molecule has 0 aliphatic rings. The van der Waals surface area contributed by atoms with E-state index in [1.165, 1.54) is 0 Å². The molecule has 0 atom stereocenters. The molecular formula is C10H15ClN2O3. The van der Waals surface area contributed by atoms with Crippen molar-refractivity contribution in [3.63, 3.8) is 0 Å². The van der Waals surface area contributed by atoms with Crippen LogP contribution in [0.4, 0.5) is 0 Å². The monoisotopic (exact) mass is 246 g/mol. The van der Waals surface area contributed by atoms with Gasteiger partial charge in [0.15, 0.2) is 5.82 Å². The Hall–Kier alpha value is -0.910. The topological polar surface area (TPSA) is 53.5 Å². The van der Waals surface area contributed by atoms with Gasteiger partial charge in [-0.2, -0.15) is 4.98 Å². The van der Waals surface area contributed by atoms with Crippen molar-refractivity contribution in [2.45, 2.75) is 13.5 Å². The fourth-order valence-corrected chi connectivity index (χ4v) is 1.25. The third kappa shape index (κ3) is 4.74. The molecule has 0 saturated heterocycles. The van der Waals surface area contributed by atoms with Crippen molar-refractivity contribution in [3.8, 4) is 5.88 Å². The molecule has 1 aromatic heterocycles. The second-order valence-electron chi connectivity index (χ2n) is 2.92. The van der Waals surface area contributed by atoms with Crippen molar-refractivity contribution in [2.24, 2.45) is 0 Å². The first kappa shape index (κ1) is 13.2. The lowest BCUT2D eigenvalue weighted by Crippen LogP contribution is -2.08. The van der Waals surface area contributed by atoms with Crippen LogP contribution in [0.2, 0.25) is 5.15 Å². The van der Waals surface area contributed by atoms with Crippen LogP contribution >= 0.6 is 11.6 Å². The Morgan fingerprint density at radius 1 is 1.31 bits per heavy atom. The maximum atomic E-state index is 5.81. The van der Waals surface area contributed by atoms with E-state index in [9.17, 15) is 0 Å². The predicted octanol–water partition coefficient (Wildman–Crippen LogP) is 1.69. The number of rotatable bonds is 7. The van der Waals surface area contributed by atoms with Crippen LogP contribution in [0, 0.1) is 0 Å². The minimum absolute atomic E-state index is 0.308. The van der Waals surface area contributed by atoms with Gasteiger partial charge in [-0.05, 0) is 6.92 Å². The molecule has 0 aromatic carbocycles. The van der Waals surface area contributed by atoms with E-state index in [1.54, 1.807) is 13.2 Å². The average Bonchev–Trinajstić information content (AvgIpc) is 2.24. The molecule has 16 heavy (non-hydrogen) atoms. The first-order valence-corrected chi connectivity index (χ1v) is 5.37. The minimum Gasteiger partial charge on any atom is -0.475 e. The largest absolute Gasteiger partial charge is 0.475 e. The van der Waals surface area contributed by atoms with Gasteiger partial charge in [-0.3, -0.25) is 0 Å². The van der Waals surface area contributed by atoms with Crippen molar-refractivity contribution in [2.75, 3.05) is 26.9 Å². The van der Waals surface area contributed by atoms with Gasteiger partial charge < -0.3 is 14.2 Å². The Kier molecular flexibility index (Phi) is 6.07. The Balaban J connectivity index is 2.51. The highest BCUT2D eigenvalue weighted by Crippen LogP contribution is 2.13. The zero-order valence-electron chi connectivity index (χ0n) is 9.40. The summed E-state index contributed by atoms with van der Waals surface area (Å²) in [6, 6.07) is 1.56. The molecule has 90 valence electrons. The number of ether oxygens (including phenoxy) is 3. The maximum absolute atomic E-state index is 5.81. The zero-order chi connectivity index (χ0) is 11.8. The van der Waals surface area contributed by atoms with E-state index < -0.39 is 0 Å². The Morgan fingerprint density at radius 3 is 2.81 bits per heavy atom. The van der Waals surface area contributed by atoms with Crippen LogP contribution in [0.3, 0.4) is 0 Å². The van der Waals surface area contributed by atoms with Gasteiger partial charge in [0.05, 0.1) is 6.61 Å². The predicted molar refractivity (Wildman–Crippen MR) is 59.7 cm³/mol. The molecule has 0 aliphatic carbocycles. The quantitative estimate of drug-likeness (QED) is 0.541. The highest BCUT2D eigenvalue weighted by molar-refractivity contribution is 6.29. The fraction of sp³-hybridized carbons (Fsp3) is 0.600. The van der Waals surface area contributed by atoms with Gasteiger partial charge in [0, 0.05) is 19.8 Å². The van der Waals surface area contributed by atoms with Crippen LogP contribution in [-0.4, -0.2) is 36.9 Å². The molecule has 0 fully saturated rings. The van der Waals surface area contributed by atoms with Crippen molar-refractivity contribution in [1.29, 1.82) is 0 Å². The molecule has 0 saturated carbocycles. The Morgan fingerprint density at radius 2 is 2.12 bits per heavy atom. The van der Waals surface area contributed by atoms with E-state index in [0.29, 0.717) is 43.3 Å². The molecule has 0 unspecified atom stereocenters. The molecule has 0 N–H and O–H groups in total. The standard InChI is InChI=1S/C10H15ClN2O3/c1-3-15-4-5-16-10-6-8(11)12-9(13-10)7-14-2/h6H,3-5,7H2,1-2H3. The molecule has 6 heteroatoms. The van der Waals surface area contributed by atoms with Crippen molar-refractivity contribution < 1.29 is 14.2 Å². The lowest BCUT2D eigenvalue weighted by Gasteiger charge is -2.07. The van der Waals surface area contributed by atoms with E-state index in [1.807, 2.05) is 6.92 Å². The second-order valence-corrected chi connectivity index (χ2v) is 3.31. The molecule has 1 heterocycles. The van der Waals surface area contributed by atoms with Gasteiger partial charge in [-0.15, -0.1) is 0 Å². The van der Waals surface area contributed by atoms with Gasteiger partial charge in [0.2, 0.25) is 5.88 Å². The summed E-state index contributed by atoms with van der Waals surface area (Å²) >= 11 is 5.81. The van der Waals surface area contributed by atoms with Gasteiger partial charge in [-0.25, -0.2) is 4.98 Å². The first-order chi connectivity index (χ1) is 7.76. The zero-order valence-corrected chi connectivity index (χ0v) is 10.2. The van der Waals surface area contributed by atoms with Crippen LogP contribution in [-0.2, 0) is 16.1 Å². The minimum atomic E-state index is 0.308. The van der Waals surface area contributed by atoms with Crippen molar-refractivity contribution >= 4 is 11.6 Å². The smallest absolute Gasteiger partial charge is 0.218 e. The molecule has 0 amide bonds. The molecule has 0 aliphatic heterocycles. The van der Waals surface area contributed by atoms with Crippen molar-refractivity contribution in [1.82, 2.24) is 9.97 Å². The SMILES string of the molecule is CCOCCOc1cc(Cl)nc(COC)n1. The third-order valence-electron chi connectivity index (χ3n) is 1.67. The lowest BCUT2D eigenvalue weighted by atomic mass is 10.5. The van der Waals surface area contributed by atoms with E-state index in [0.717, 1.165) is 0 Å². The molecule has 1 aromatic rings. The highest BCUT2D eigenvalue weighted by Gasteiger charge is 2.03. The summed E-state index contributed by atoms with van der Waals surface area (Å²) in [5, 5.41) is 0.341. The summed E-state index contributed by atoms with van der Waals surface area (Å²) < 4.78 is 15.4. The molecule has 0 radical (unpaired) electrons. The molecule has 0 spiro atoms. The van der Waals surface area contributed by atoms with E-state index in [2.05, 4.69) is 9.97 Å². The summed E-state index contributed by atoms with van der Waals surface area (Å²) in [6.07, 6.45) is 0. The number of methoxy groups -OCH3 is 1. The van der Waals surface area contributed by atoms with E-state index in [4.69, 9.17) is 25.8 Å². The molecular weight excluding hydrogens is 232 g/mol. The number of halogens is 1. The highest BCUT2D eigenvalue weighted by atomic mass is 35.5. The van der Waals surface area contributed by atoms with E-state index in [-0.39, 0.29) is 0 Å². The number of aromatic nitrogens is 2. The van der Waals surface area contributed by atoms with Gasteiger partial charge in [-0.1, -0.05) is 11.6 Å². The maximum Gasteiger partial charge on any atom is 0.218 e. The lowest BCUT2D eigenvalue weighted by molar-refractivity contribution is 0.108. The van der Waals surface area contributed by atoms with Crippen molar-refractivity contribution in [3.05, 3.63) is 17.0 Å². The Bertz CT molecular complexity index is 323. The number of nitrogens with zero attached hydrogens (tertiary/aromatic N) is 2. The van der Waals surface area contributed by atoms with Gasteiger partial charge >= 0.3 is 0 Å². The summed E-state index contributed by atoms with van der Waals surface area (Å²) in [7, 11) is 1.57. The van der Waals surface area contributed by atoms with Crippen LogP contribution < -0.4 is 4.74 Å².